The van der Waals surface area contributed by atoms with Crippen LogP contribution < -0.4 is 19.6 Å². The second-order valence-electron chi connectivity index (χ2n) is 9.42. The molecule has 3 heterocycles. The van der Waals surface area contributed by atoms with Crippen molar-refractivity contribution < 1.29 is 23.7 Å². The smallest absolute Gasteiger partial charge is 0.213 e. The molecule has 0 unspecified atom stereocenters. The van der Waals surface area contributed by atoms with Crippen molar-refractivity contribution in [1.82, 2.24) is 14.9 Å². The van der Waals surface area contributed by atoms with Crippen LogP contribution in [0.25, 0.3) is 21.9 Å². The molecule has 0 aliphatic heterocycles. The lowest BCUT2D eigenvalue weighted by molar-refractivity contribution is 0.261. The number of likely N-dealkylation sites (N-methyl/N-ethyl adjacent to an activating group) is 1. The molecular weight excluding hydrogens is 498 g/mol. The van der Waals surface area contributed by atoms with Gasteiger partial charge in [0, 0.05) is 30.4 Å². The SMILES string of the molecule is Cc1cc(OCCN(C)C)c2oc3cc(Oc4ccc(OCc5ccc(CO)nc5)nc4)ccc3c(=O)c2c1. The van der Waals surface area contributed by atoms with Crippen LogP contribution in [0.1, 0.15) is 16.8 Å². The van der Waals surface area contributed by atoms with Gasteiger partial charge in [-0.15, -0.1) is 0 Å². The Morgan fingerprint density at radius 2 is 1.77 bits per heavy atom. The molecule has 0 saturated carbocycles. The minimum atomic E-state index is -0.122. The maximum absolute atomic E-state index is 13.3. The van der Waals surface area contributed by atoms with Gasteiger partial charge >= 0.3 is 0 Å². The summed E-state index contributed by atoms with van der Waals surface area (Å²) in [6.45, 7) is 3.32. The quantitative estimate of drug-likeness (QED) is 0.255. The number of rotatable bonds is 10. The van der Waals surface area contributed by atoms with Crippen LogP contribution in [0.4, 0.5) is 0 Å². The number of aliphatic hydroxyl groups is 1. The first-order valence-corrected chi connectivity index (χ1v) is 12.5. The molecule has 3 aromatic heterocycles. The Morgan fingerprint density at radius 3 is 2.49 bits per heavy atom. The van der Waals surface area contributed by atoms with Gasteiger partial charge in [-0.05, 0) is 63.0 Å². The highest BCUT2D eigenvalue weighted by molar-refractivity contribution is 5.93. The zero-order valence-corrected chi connectivity index (χ0v) is 22.0. The van der Waals surface area contributed by atoms with Crippen molar-refractivity contribution in [2.45, 2.75) is 20.1 Å². The number of hydrogen-bond donors (Lipinski definition) is 1. The molecule has 9 nitrogen and oxygen atoms in total. The van der Waals surface area contributed by atoms with Gasteiger partial charge in [-0.2, -0.15) is 0 Å². The van der Waals surface area contributed by atoms with Crippen molar-refractivity contribution in [1.29, 1.82) is 0 Å². The van der Waals surface area contributed by atoms with Crippen molar-refractivity contribution in [2.75, 3.05) is 27.2 Å². The zero-order valence-electron chi connectivity index (χ0n) is 22.0. The van der Waals surface area contributed by atoms with Gasteiger partial charge in [0.25, 0.3) is 0 Å². The average Bonchev–Trinajstić information content (AvgIpc) is 2.93. The number of aliphatic hydroxyl groups excluding tert-OH is 1. The fraction of sp³-hybridized carbons (Fsp3) is 0.233. The number of aromatic nitrogens is 2. The molecule has 1 N–H and O–H groups in total. The van der Waals surface area contributed by atoms with Crippen LogP contribution in [-0.4, -0.2) is 47.2 Å². The molecule has 2 aromatic carbocycles. The van der Waals surface area contributed by atoms with Crippen LogP contribution in [-0.2, 0) is 13.2 Å². The fourth-order valence-electron chi connectivity index (χ4n) is 3.99. The normalized spacial score (nSPS) is 11.3. The molecule has 0 spiro atoms. The number of benzene rings is 2. The second kappa shape index (κ2) is 11.5. The molecular formula is C30H29N3O6. The Hall–Kier alpha value is -4.47. The third-order valence-electron chi connectivity index (χ3n) is 6.03. The summed E-state index contributed by atoms with van der Waals surface area (Å²) in [5.74, 6) is 1.97. The minimum absolute atomic E-state index is 0.101. The summed E-state index contributed by atoms with van der Waals surface area (Å²) < 4.78 is 23.8. The first kappa shape index (κ1) is 26.1. The summed E-state index contributed by atoms with van der Waals surface area (Å²) in [5, 5.41) is 10.0. The number of hydrogen-bond acceptors (Lipinski definition) is 9. The zero-order chi connectivity index (χ0) is 27.4. The molecule has 0 radical (unpaired) electrons. The van der Waals surface area contributed by atoms with Gasteiger partial charge in [0.15, 0.2) is 11.3 Å². The standard InChI is InChI=1S/C30H29N3O6/c1-19-12-25-29(35)24-8-6-22(14-26(24)39-30(25)27(13-19)36-11-10-33(2)3)38-23-7-9-28(32-16-23)37-18-20-4-5-21(17-34)31-15-20/h4-9,12-16,34H,10-11,17-18H2,1-3H3. The maximum Gasteiger partial charge on any atom is 0.213 e. The molecule has 5 rings (SSSR count). The molecule has 5 aromatic rings. The molecule has 200 valence electrons. The number of ether oxygens (including phenoxy) is 3. The van der Waals surface area contributed by atoms with E-state index in [2.05, 4.69) is 9.97 Å². The van der Waals surface area contributed by atoms with Crippen molar-refractivity contribution in [3.05, 3.63) is 94.0 Å². The largest absolute Gasteiger partial charge is 0.488 e. The molecule has 0 atom stereocenters. The number of fused-ring (bicyclic) bond motifs is 2. The van der Waals surface area contributed by atoms with Crippen molar-refractivity contribution >= 4 is 21.9 Å². The summed E-state index contributed by atoms with van der Waals surface area (Å²) >= 11 is 0. The number of pyridine rings is 2. The summed E-state index contributed by atoms with van der Waals surface area (Å²) in [7, 11) is 3.94. The molecule has 0 aliphatic carbocycles. The van der Waals surface area contributed by atoms with Crippen molar-refractivity contribution in [3.63, 3.8) is 0 Å². The summed E-state index contributed by atoms with van der Waals surface area (Å²) in [4.78, 5) is 23.7. The summed E-state index contributed by atoms with van der Waals surface area (Å²) in [5.41, 5.74) is 3.08. The average molecular weight is 528 g/mol. The van der Waals surface area contributed by atoms with Crippen LogP contribution in [0.2, 0.25) is 0 Å². The van der Waals surface area contributed by atoms with E-state index in [1.165, 1.54) is 0 Å². The van der Waals surface area contributed by atoms with E-state index in [4.69, 9.17) is 23.7 Å². The molecule has 39 heavy (non-hydrogen) atoms. The van der Waals surface area contributed by atoms with E-state index in [-0.39, 0.29) is 12.0 Å². The lowest BCUT2D eigenvalue weighted by atomic mass is 10.1. The van der Waals surface area contributed by atoms with Gasteiger partial charge < -0.3 is 28.6 Å². The highest BCUT2D eigenvalue weighted by atomic mass is 16.5. The second-order valence-corrected chi connectivity index (χ2v) is 9.42. The van der Waals surface area contributed by atoms with E-state index in [1.54, 1.807) is 48.8 Å². The third kappa shape index (κ3) is 6.17. The monoisotopic (exact) mass is 527 g/mol. The first-order chi connectivity index (χ1) is 18.9. The predicted molar refractivity (Wildman–Crippen MR) is 148 cm³/mol. The van der Waals surface area contributed by atoms with Gasteiger partial charge in [-0.3, -0.25) is 9.78 Å². The topological polar surface area (TPSA) is 107 Å². The maximum atomic E-state index is 13.3. The van der Waals surface area contributed by atoms with Gasteiger partial charge in [-0.25, -0.2) is 4.98 Å². The molecule has 0 amide bonds. The van der Waals surface area contributed by atoms with Gasteiger partial charge in [0.2, 0.25) is 11.3 Å². The molecule has 0 bridgehead atoms. The lowest BCUT2D eigenvalue weighted by Gasteiger charge is -2.13. The number of nitrogens with zero attached hydrogens (tertiary/aromatic N) is 3. The van der Waals surface area contributed by atoms with E-state index >= 15 is 0 Å². The molecule has 0 aliphatic rings. The molecule has 0 saturated heterocycles. The van der Waals surface area contributed by atoms with E-state index in [1.807, 2.05) is 44.1 Å². The molecule has 0 fully saturated rings. The Kier molecular flexibility index (Phi) is 7.72. The Morgan fingerprint density at radius 1 is 0.923 bits per heavy atom. The number of aryl methyl sites for hydroxylation is 1. The van der Waals surface area contributed by atoms with Crippen LogP contribution in [0.5, 0.6) is 23.1 Å². The van der Waals surface area contributed by atoms with Gasteiger partial charge in [-0.1, -0.05) is 6.07 Å². The van der Waals surface area contributed by atoms with Gasteiger partial charge in [0.1, 0.15) is 30.3 Å². The van der Waals surface area contributed by atoms with Crippen LogP contribution >= 0.6 is 0 Å². The van der Waals surface area contributed by atoms with E-state index in [9.17, 15) is 4.79 Å². The molecule has 9 heteroatoms. The third-order valence-corrected chi connectivity index (χ3v) is 6.03. The van der Waals surface area contributed by atoms with Crippen molar-refractivity contribution in [3.8, 4) is 23.1 Å². The van der Waals surface area contributed by atoms with E-state index in [0.717, 1.165) is 17.7 Å². The Bertz CT molecular complexity index is 1650. The van der Waals surface area contributed by atoms with Crippen molar-refractivity contribution in [2.24, 2.45) is 0 Å². The Labute approximate surface area is 225 Å². The van der Waals surface area contributed by atoms with Crippen LogP contribution in [0.3, 0.4) is 0 Å². The predicted octanol–water partition coefficient (Wildman–Crippen LogP) is 4.85. The highest BCUT2D eigenvalue weighted by Gasteiger charge is 2.14. The van der Waals surface area contributed by atoms with Gasteiger partial charge in [0.05, 0.1) is 29.3 Å². The fourth-order valence-corrected chi connectivity index (χ4v) is 3.99. The van der Waals surface area contributed by atoms with E-state index < -0.39 is 0 Å². The first-order valence-electron chi connectivity index (χ1n) is 12.5. The Balaban J connectivity index is 1.34. The minimum Gasteiger partial charge on any atom is -0.488 e. The highest BCUT2D eigenvalue weighted by Crippen LogP contribution is 2.31. The summed E-state index contributed by atoms with van der Waals surface area (Å²) in [6.07, 6.45) is 3.22. The van der Waals surface area contributed by atoms with Crippen LogP contribution in [0.15, 0.2) is 76.2 Å². The van der Waals surface area contributed by atoms with E-state index in [0.29, 0.717) is 64.0 Å². The van der Waals surface area contributed by atoms with Crippen LogP contribution in [0, 0.1) is 6.92 Å². The summed E-state index contributed by atoms with van der Waals surface area (Å²) in [6, 6.07) is 15.9. The lowest BCUT2D eigenvalue weighted by Crippen LogP contribution is -2.19.